The minimum Gasteiger partial charge on any atom is -0.453 e. The van der Waals surface area contributed by atoms with Gasteiger partial charge in [-0.15, -0.1) is 0 Å². The van der Waals surface area contributed by atoms with Crippen molar-refractivity contribution in [1.82, 2.24) is 19.0 Å². The molecule has 3 aromatic rings. The van der Waals surface area contributed by atoms with Crippen molar-refractivity contribution in [3.05, 3.63) is 77.4 Å². The average molecular weight is 438 g/mol. The Balaban J connectivity index is 2.06. The topological polar surface area (TPSA) is 114 Å². The van der Waals surface area contributed by atoms with E-state index in [4.69, 9.17) is 33.8 Å². The molecule has 0 aliphatic heterocycles. The maximum Gasteiger partial charge on any atom is 0.370 e. The number of halogens is 2. The summed E-state index contributed by atoms with van der Waals surface area (Å²) in [7, 11) is 1.62. The van der Waals surface area contributed by atoms with Gasteiger partial charge in [-0.1, -0.05) is 37.0 Å². The summed E-state index contributed by atoms with van der Waals surface area (Å²) in [5.74, 6) is 5.91. The number of nitrogen functional groups attached to an aromatic ring is 1. The van der Waals surface area contributed by atoms with Crippen molar-refractivity contribution in [3.8, 4) is 17.2 Å². The van der Waals surface area contributed by atoms with Gasteiger partial charge >= 0.3 is 5.69 Å². The minimum absolute atomic E-state index is 0.00420. The van der Waals surface area contributed by atoms with Crippen LogP contribution in [-0.2, 0) is 7.05 Å². The van der Waals surface area contributed by atoms with Crippen molar-refractivity contribution in [3.63, 3.8) is 0 Å². The third-order valence-electron chi connectivity index (χ3n) is 4.16. The van der Waals surface area contributed by atoms with E-state index >= 15 is 0 Å². The van der Waals surface area contributed by atoms with Crippen molar-refractivity contribution in [2.75, 3.05) is 5.84 Å². The average Bonchev–Trinajstić information content (AvgIpc) is 2.65. The highest BCUT2D eigenvalue weighted by atomic mass is 35.5. The smallest absolute Gasteiger partial charge is 0.370 e. The first-order chi connectivity index (χ1) is 13.6. The molecule has 0 radical (unpaired) electrons. The Morgan fingerprint density at radius 3 is 2.31 bits per heavy atom. The molecule has 0 unspecified atom stereocenters. The largest absolute Gasteiger partial charge is 0.453 e. The predicted octanol–water partition coefficient (Wildman–Crippen LogP) is 2.03. The van der Waals surface area contributed by atoms with E-state index in [2.05, 4.69) is 5.10 Å². The first-order valence-corrected chi connectivity index (χ1v) is 9.20. The monoisotopic (exact) mass is 437 g/mol. The van der Waals surface area contributed by atoms with E-state index in [1.165, 1.54) is 22.9 Å². The SMILES string of the molecule is CC(C)c1cc(Oc2c(Cl)cc(-n3ncc(=O)n(N)c3=O)cc2Cl)cn(C)c1=O. The summed E-state index contributed by atoms with van der Waals surface area (Å²) >= 11 is 12.6. The fourth-order valence-corrected chi connectivity index (χ4v) is 3.20. The van der Waals surface area contributed by atoms with Crippen LogP contribution in [-0.4, -0.2) is 19.0 Å². The van der Waals surface area contributed by atoms with Crippen LogP contribution in [0.2, 0.25) is 10.0 Å². The highest BCUT2D eigenvalue weighted by molar-refractivity contribution is 6.37. The fraction of sp³-hybridized carbons (Fsp3) is 0.222. The van der Waals surface area contributed by atoms with Crippen molar-refractivity contribution in [2.24, 2.45) is 7.05 Å². The van der Waals surface area contributed by atoms with Gasteiger partial charge in [0, 0.05) is 18.8 Å². The summed E-state index contributed by atoms with van der Waals surface area (Å²) in [6, 6.07) is 4.42. The van der Waals surface area contributed by atoms with Crippen molar-refractivity contribution in [2.45, 2.75) is 19.8 Å². The van der Waals surface area contributed by atoms with Crippen LogP contribution in [0.4, 0.5) is 0 Å². The molecule has 0 amide bonds. The number of ether oxygens (including phenoxy) is 1. The summed E-state index contributed by atoms with van der Waals surface area (Å²) in [5, 5.41) is 3.94. The highest BCUT2D eigenvalue weighted by Gasteiger charge is 2.16. The standard InChI is InChI=1S/C18H17Cl2N5O4/c1-9(2)12-6-11(8-23(3)17(12)27)29-16-13(19)4-10(5-14(16)20)25-18(28)24(21)15(26)7-22-25/h4-9H,21H2,1-3H3. The zero-order valence-corrected chi connectivity index (χ0v) is 17.2. The molecular formula is C18H17Cl2N5O4. The summed E-state index contributed by atoms with van der Waals surface area (Å²) in [6.07, 6.45) is 2.41. The predicted molar refractivity (Wildman–Crippen MR) is 110 cm³/mol. The molecule has 2 heterocycles. The molecule has 0 spiro atoms. The summed E-state index contributed by atoms with van der Waals surface area (Å²) < 4.78 is 8.53. The van der Waals surface area contributed by atoms with E-state index in [1.807, 2.05) is 13.8 Å². The summed E-state index contributed by atoms with van der Waals surface area (Å²) in [4.78, 5) is 35.8. The third kappa shape index (κ3) is 3.92. The van der Waals surface area contributed by atoms with Crippen molar-refractivity contribution < 1.29 is 4.74 Å². The van der Waals surface area contributed by atoms with E-state index in [-0.39, 0.29) is 33.0 Å². The molecule has 0 atom stereocenters. The van der Waals surface area contributed by atoms with Gasteiger partial charge in [-0.05, 0) is 24.1 Å². The molecule has 0 aliphatic rings. The Hall–Kier alpha value is -3.04. The van der Waals surface area contributed by atoms with Crippen LogP contribution in [0.1, 0.15) is 25.3 Å². The second-order valence-corrected chi connectivity index (χ2v) is 7.40. The van der Waals surface area contributed by atoms with E-state index in [9.17, 15) is 14.4 Å². The Morgan fingerprint density at radius 2 is 1.72 bits per heavy atom. The highest BCUT2D eigenvalue weighted by Crippen LogP contribution is 2.38. The van der Waals surface area contributed by atoms with E-state index in [0.717, 1.165) is 10.9 Å². The van der Waals surface area contributed by atoms with Crippen LogP contribution in [0.15, 0.2) is 45.0 Å². The molecule has 2 aromatic heterocycles. The number of aryl methyl sites for hydroxylation is 1. The number of benzene rings is 1. The fourth-order valence-electron chi connectivity index (χ4n) is 2.65. The lowest BCUT2D eigenvalue weighted by Crippen LogP contribution is -2.44. The zero-order chi connectivity index (χ0) is 21.5. The molecule has 0 saturated heterocycles. The van der Waals surface area contributed by atoms with Crippen LogP contribution in [0.5, 0.6) is 11.5 Å². The first-order valence-electron chi connectivity index (χ1n) is 8.44. The summed E-state index contributed by atoms with van der Waals surface area (Å²) in [5.41, 5.74) is -0.964. The maximum absolute atomic E-state index is 12.2. The third-order valence-corrected chi connectivity index (χ3v) is 4.73. The molecule has 1 aromatic carbocycles. The lowest BCUT2D eigenvalue weighted by atomic mass is 10.1. The lowest BCUT2D eigenvalue weighted by Gasteiger charge is -2.15. The van der Waals surface area contributed by atoms with Gasteiger partial charge < -0.3 is 15.1 Å². The Labute approximate surface area is 174 Å². The van der Waals surface area contributed by atoms with Gasteiger partial charge in [0.25, 0.3) is 11.1 Å². The van der Waals surface area contributed by atoms with Crippen LogP contribution in [0.3, 0.4) is 0 Å². The number of hydrogen-bond acceptors (Lipinski definition) is 6. The van der Waals surface area contributed by atoms with E-state index in [1.54, 1.807) is 13.1 Å². The Bertz CT molecular complexity index is 1250. The Kier molecular flexibility index (Phi) is 5.54. The van der Waals surface area contributed by atoms with Gasteiger partial charge in [-0.3, -0.25) is 9.59 Å². The second-order valence-electron chi connectivity index (χ2n) is 6.59. The molecule has 2 N–H and O–H groups in total. The molecule has 0 fully saturated rings. The number of pyridine rings is 1. The molecular weight excluding hydrogens is 421 g/mol. The van der Waals surface area contributed by atoms with E-state index < -0.39 is 11.2 Å². The number of nitrogens with two attached hydrogens (primary N) is 1. The van der Waals surface area contributed by atoms with Gasteiger partial charge in [0.15, 0.2) is 5.75 Å². The van der Waals surface area contributed by atoms with Crippen molar-refractivity contribution in [1.29, 1.82) is 0 Å². The van der Waals surface area contributed by atoms with Gasteiger partial charge in [0.05, 0.1) is 15.7 Å². The normalized spacial score (nSPS) is 11.1. The zero-order valence-electron chi connectivity index (χ0n) is 15.7. The molecule has 0 bridgehead atoms. The minimum atomic E-state index is -0.863. The van der Waals surface area contributed by atoms with Crippen LogP contribution in [0, 0.1) is 0 Å². The molecule has 29 heavy (non-hydrogen) atoms. The number of hydrogen-bond donors (Lipinski definition) is 1. The number of rotatable bonds is 4. The molecule has 3 rings (SSSR count). The lowest BCUT2D eigenvalue weighted by molar-refractivity contribution is 0.474. The van der Waals surface area contributed by atoms with Gasteiger partial charge in [0.2, 0.25) is 0 Å². The first kappa shape index (κ1) is 20.7. The number of aromatic nitrogens is 4. The van der Waals surface area contributed by atoms with Gasteiger partial charge in [-0.2, -0.15) is 14.5 Å². The molecule has 9 nitrogen and oxygen atoms in total. The van der Waals surface area contributed by atoms with Gasteiger partial charge in [-0.25, -0.2) is 4.79 Å². The van der Waals surface area contributed by atoms with Crippen LogP contribution < -0.4 is 27.4 Å². The quantitative estimate of drug-likeness (QED) is 0.624. The molecule has 11 heteroatoms. The molecule has 152 valence electrons. The summed E-state index contributed by atoms with van der Waals surface area (Å²) in [6.45, 7) is 3.80. The van der Waals surface area contributed by atoms with Crippen LogP contribution >= 0.6 is 23.2 Å². The van der Waals surface area contributed by atoms with Crippen LogP contribution in [0.25, 0.3) is 5.69 Å². The maximum atomic E-state index is 12.2. The molecule has 0 saturated carbocycles. The Morgan fingerprint density at radius 1 is 1.10 bits per heavy atom. The molecule has 0 aliphatic carbocycles. The van der Waals surface area contributed by atoms with Gasteiger partial charge in [0.1, 0.15) is 11.9 Å². The van der Waals surface area contributed by atoms with Crippen molar-refractivity contribution >= 4 is 23.2 Å². The number of nitrogens with zero attached hydrogens (tertiary/aromatic N) is 4. The van der Waals surface area contributed by atoms with E-state index in [0.29, 0.717) is 16.0 Å². The second kappa shape index (κ2) is 7.76.